The van der Waals surface area contributed by atoms with Crippen molar-refractivity contribution in [2.45, 2.75) is 13.2 Å². The highest BCUT2D eigenvalue weighted by Crippen LogP contribution is 2.29. The molecule has 1 amide bonds. The molecule has 8 heteroatoms. The van der Waals surface area contributed by atoms with Gasteiger partial charge in [-0.15, -0.1) is 0 Å². The zero-order valence-corrected chi connectivity index (χ0v) is 15.8. The monoisotopic (exact) mass is 364 g/mol. The van der Waals surface area contributed by atoms with Gasteiger partial charge in [0.2, 0.25) is 6.29 Å². The van der Waals surface area contributed by atoms with Crippen LogP contribution in [0.1, 0.15) is 16.1 Å². The van der Waals surface area contributed by atoms with Crippen LogP contribution in [0.4, 0.5) is 5.69 Å². The maximum absolute atomic E-state index is 12.5. The van der Waals surface area contributed by atoms with E-state index in [0.717, 1.165) is 21.4 Å². The molecule has 2 rings (SSSR count). The summed E-state index contributed by atoms with van der Waals surface area (Å²) in [5.41, 5.74) is 2.44. The van der Waals surface area contributed by atoms with Crippen molar-refractivity contribution in [1.29, 1.82) is 0 Å². The Morgan fingerprint density at radius 2 is 1.92 bits per heavy atom. The first kappa shape index (κ1) is 19.9. The fraction of sp³-hybridized carbons (Fsp3) is 0.444. The minimum absolute atomic E-state index is 0.197. The van der Waals surface area contributed by atoms with Crippen LogP contribution in [0, 0.1) is 6.92 Å². The highest BCUT2D eigenvalue weighted by Gasteiger charge is 2.22. The largest absolute Gasteiger partial charge is 0.464 e. The van der Waals surface area contributed by atoms with Crippen LogP contribution >= 0.6 is 0 Å². The van der Waals surface area contributed by atoms with Gasteiger partial charge < -0.3 is 29.4 Å². The summed E-state index contributed by atoms with van der Waals surface area (Å²) in [6.07, 6.45) is -0.385. The van der Waals surface area contributed by atoms with Gasteiger partial charge in [-0.05, 0) is 19.1 Å². The van der Waals surface area contributed by atoms with Crippen LogP contribution in [0.5, 0.6) is 0 Å². The number of ether oxygens (including phenoxy) is 3. The number of esters is 1. The van der Waals surface area contributed by atoms with E-state index in [1.54, 1.807) is 14.2 Å². The topological polar surface area (TPSA) is 94.1 Å². The molecule has 1 atom stereocenters. The highest BCUT2D eigenvalue weighted by molar-refractivity contribution is 6.11. The Bertz CT molecular complexity index is 782. The number of rotatable bonds is 8. The number of quaternary nitrogens is 1. The third kappa shape index (κ3) is 4.60. The lowest BCUT2D eigenvalue weighted by atomic mass is 10.1. The molecular formula is C18H26N3O5+. The number of aryl methyl sites for hydroxylation is 1. The maximum atomic E-state index is 12.5. The molecule has 142 valence electrons. The Morgan fingerprint density at radius 1 is 1.23 bits per heavy atom. The Balaban J connectivity index is 2.21. The Labute approximate surface area is 152 Å². The van der Waals surface area contributed by atoms with Crippen molar-refractivity contribution in [3.05, 3.63) is 29.5 Å². The van der Waals surface area contributed by atoms with Gasteiger partial charge in [0.25, 0.3) is 5.91 Å². The van der Waals surface area contributed by atoms with E-state index in [1.165, 1.54) is 7.11 Å². The van der Waals surface area contributed by atoms with Crippen LogP contribution < -0.4 is 10.2 Å². The fourth-order valence-electron chi connectivity index (χ4n) is 2.77. The van der Waals surface area contributed by atoms with Crippen LogP contribution in [0.25, 0.3) is 10.9 Å². The summed E-state index contributed by atoms with van der Waals surface area (Å²) < 4.78 is 15.1. The number of aromatic nitrogens is 1. The van der Waals surface area contributed by atoms with E-state index in [4.69, 9.17) is 14.2 Å². The molecule has 8 nitrogen and oxygen atoms in total. The van der Waals surface area contributed by atoms with Crippen LogP contribution in [0.15, 0.2) is 18.2 Å². The van der Waals surface area contributed by atoms with Crippen LogP contribution in [-0.2, 0) is 19.0 Å². The van der Waals surface area contributed by atoms with Crippen LogP contribution in [0.2, 0.25) is 0 Å². The summed E-state index contributed by atoms with van der Waals surface area (Å²) in [7, 11) is 6.28. The maximum Gasteiger partial charge on any atom is 0.356 e. The molecule has 3 N–H and O–H groups in total. The molecule has 0 radical (unpaired) electrons. The molecule has 1 heterocycles. The molecular weight excluding hydrogens is 338 g/mol. The predicted octanol–water partition coefficient (Wildman–Crippen LogP) is 0.335. The molecule has 0 saturated heterocycles. The molecule has 0 spiro atoms. The highest BCUT2D eigenvalue weighted by atomic mass is 16.7. The number of H-pyrrole nitrogens is 1. The third-order valence-electron chi connectivity index (χ3n) is 4.11. The number of benzene rings is 1. The second-order valence-corrected chi connectivity index (χ2v) is 6.20. The fourth-order valence-corrected chi connectivity index (χ4v) is 2.77. The number of nitrogens with one attached hydrogen (secondary N) is 3. The molecule has 1 aromatic carbocycles. The van der Waals surface area contributed by atoms with Gasteiger partial charge in [-0.25, -0.2) is 4.79 Å². The van der Waals surface area contributed by atoms with Gasteiger partial charge in [-0.2, -0.15) is 0 Å². The Hall–Kier alpha value is -2.42. The first-order chi connectivity index (χ1) is 12.4. The predicted molar refractivity (Wildman–Crippen MR) is 97.4 cm³/mol. The van der Waals surface area contributed by atoms with E-state index < -0.39 is 5.97 Å². The second kappa shape index (κ2) is 8.79. The summed E-state index contributed by atoms with van der Waals surface area (Å²) in [6, 6.07) is 5.71. The van der Waals surface area contributed by atoms with Crippen LogP contribution in [0.3, 0.4) is 0 Å². The van der Waals surface area contributed by atoms with E-state index in [-0.39, 0.29) is 24.4 Å². The summed E-state index contributed by atoms with van der Waals surface area (Å²) in [5, 5.41) is 3.61. The molecule has 1 unspecified atom stereocenters. The number of fused-ring (bicyclic) bond motifs is 1. The summed E-state index contributed by atoms with van der Waals surface area (Å²) >= 11 is 0. The number of carbonyl (C=O) groups is 2. The van der Waals surface area contributed by atoms with E-state index in [1.807, 2.05) is 32.2 Å². The zero-order chi connectivity index (χ0) is 19.3. The summed E-state index contributed by atoms with van der Waals surface area (Å²) in [6.45, 7) is 2.66. The van der Waals surface area contributed by atoms with Crippen molar-refractivity contribution in [2.75, 3.05) is 46.8 Å². The van der Waals surface area contributed by atoms with Crippen molar-refractivity contribution < 1.29 is 28.7 Å². The molecule has 2 aromatic rings. The van der Waals surface area contributed by atoms with Gasteiger partial charge in [-0.3, -0.25) is 4.79 Å². The lowest BCUT2D eigenvalue weighted by Gasteiger charge is -2.19. The van der Waals surface area contributed by atoms with Gasteiger partial charge in [0.15, 0.2) is 6.54 Å². The van der Waals surface area contributed by atoms with E-state index >= 15 is 0 Å². The van der Waals surface area contributed by atoms with Gasteiger partial charge in [0, 0.05) is 25.1 Å². The van der Waals surface area contributed by atoms with Gasteiger partial charge in [0.1, 0.15) is 12.2 Å². The van der Waals surface area contributed by atoms with Gasteiger partial charge in [-0.1, -0.05) is 11.6 Å². The van der Waals surface area contributed by atoms with Gasteiger partial charge >= 0.3 is 5.97 Å². The third-order valence-corrected chi connectivity index (χ3v) is 4.11. The van der Waals surface area contributed by atoms with Crippen molar-refractivity contribution in [2.24, 2.45) is 0 Å². The minimum Gasteiger partial charge on any atom is -0.464 e. The molecule has 0 fully saturated rings. The number of hydrogen-bond acceptors (Lipinski definition) is 5. The van der Waals surface area contributed by atoms with Crippen LogP contribution in [-0.4, -0.2) is 64.6 Å². The number of likely N-dealkylation sites (N-methyl/N-ethyl adjacent to an activating group) is 1. The summed E-state index contributed by atoms with van der Waals surface area (Å²) in [5.74, 6) is -0.755. The molecule has 0 aliphatic carbocycles. The number of aromatic amines is 1. The second-order valence-electron chi connectivity index (χ2n) is 6.20. The smallest absolute Gasteiger partial charge is 0.356 e. The number of hydrogen-bond donors (Lipinski definition) is 3. The Kier molecular flexibility index (Phi) is 6.73. The van der Waals surface area contributed by atoms with Crippen molar-refractivity contribution in [3.63, 3.8) is 0 Å². The lowest BCUT2D eigenvalue weighted by Crippen LogP contribution is -3.11. The molecule has 0 saturated carbocycles. The minimum atomic E-state index is -0.534. The lowest BCUT2D eigenvalue weighted by molar-refractivity contribution is -0.877. The standard InChI is InChI=1S/C18H25N3O5/c1-11-6-7-13-12(8-11)16(17(19-13)18(23)26-5)20-14(22)9-21(2)10-15(24-3)25-4/h6-8,15,19H,9-10H2,1-5H3,(H,20,22)/p+1. The molecule has 0 aliphatic rings. The zero-order valence-electron chi connectivity index (χ0n) is 15.8. The molecule has 26 heavy (non-hydrogen) atoms. The van der Waals surface area contributed by atoms with E-state index in [0.29, 0.717) is 12.2 Å². The SMILES string of the molecule is COC(=O)c1[nH]c2ccc(C)cc2c1NC(=O)C[NH+](C)CC(OC)OC. The Morgan fingerprint density at radius 3 is 2.54 bits per heavy atom. The number of amides is 1. The average molecular weight is 364 g/mol. The van der Waals surface area contributed by atoms with Gasteiger partial charge in [0.05, 0.1) is 19.8 Å². The number of anilines is 1. The van der Waals surface area contributed by atoms with E-state index in [2.05, 4.69) is 10.3 Å². The van der Waals surface area contributed by atoms with E-state index in [9.17, 15) is 9.59 Å². The quantitative estimate of drug-likeness (QED) is 0.464. The van der Waals surface area contributed by atoms with Crippen molar-refractivity contribution in [3.8, 4) is 0 Å². The first-order valence-corrected chi connectivity index (χ1v) is 8.27. The molecule has 1 aromatic heterocycles. The normalized spacial score (nSPS) is 12.4. The molecule has 0 bridgehead atoms. The molecule has 0 aliphatic heterocycles. The average Bonchev–Trinajstić information content (AvgIpc) is 2.96. The summed E-state index contributed by atoms with van der Waals surface area (Å²) in [4.78, 5) is 28.5. The first-order valence-electron chi connectivity index (χ1n) is 8.27. The number of methoxy groups -OCH3 is 3. The number of carbonyl (C=O) groups excluding carboxylic acids is 2. The van der Waals surface area contributed by atoms with Crippen molar-refractivity contribution in [1.82, 2.24) is 4.98 Å². The van der Waals surface area contributed by atoms with Crippen molar-refractivity contribution >= 4 is 28.5 Å².